The van der Waals surface area contributed by atoms with E-state index in [2.05, 4.69) is 39.9 Å². The van der Waals surface area contributed by atoms with Crippen LogP contribution in [0.15, 0.2) is 47.5 Å². The van der Waals surface area contributed by atoms with Crippen molar-refractivity contribution in [1.29, 1.82) is 0 Å². The lowest BCUT2D eigenvalue weighted by Gasteiger charge is -2.16. The average Bonchev–Trinajstić information content (AvgIpc) is 3.20. The zero-order chi connectivity index (χ0) is 22.1. The molecular weight excluding hydrogens is 519 g/mol. The van der Waals surface area contributed by atoms with Crippen molar-refractivity contribution in [3.63, 3.8) is 0 Å². The molecule has 2 aromatic carbocycles. The number of carbonyl (C=O) groups is 1. The molecule has 174 valence electrons. The number of likely N-dealkylation sites (tertiary alicyclic amines) is 1. The van der Waals surface area contributed by atoms with Gasteiger partial charge in [0.1, 0.15) is 0 Å². The molecule has 0 bridgehead atoms. The van der Waals surface area contributed by atoms with Crippen LogP contribution in [-0.4, -0.2) is 44.1 Å². The van der Waals surface area contributed by atoms with E-state index in [9.17, 15) is 4.79 Å². The predicted molar refractivity (Wildman–Crippen MR) is 138 cm³/mol. The normalized spacial score (nSPS) is 13.5. The molecule has 0 spiro atoms. The number of methoxy groups -OCH3 is 2. The topological polar surface area (TPSA) is 75.2 Å². The zero-order valence-electron chi connectivity index (χ0n) is 19.0. The van der Waals surface area contributed by atoms with Gasteiger partial charge in [-0.25, -0.2) is 4.99 Å². The van der Waals surface area contributed by atoms with Crippen LogP contribution in [0.2, 0.25) is 0 Å². The summed E-state index contributed by atoms with van der Waals surface area (Å²) in [7, 11) is 3.26. The monoisotopic (exact) mass is 552 g/mol. The molecule has 1 saturated heterocycles. The van der Waals surface area contributed by atoms with Gasteiger partial charge in [0.25, 0.3) is 0 Å². The van der Waals surface area contributed by atoms with Gasteiger partial charge in [0.05, 0.1) is 20.8 Å². The summed E-state index contributed by atoms with van der Waals surface area (Å²) in [5.41, 5.74) is 3.36. The minimum absolute atomic E-state index is 0. The van der Waals surface area contributed by atoms with E-state index in [-0.39, 0.29) is 29.9 Å². The Morgan fingerprint density at radius 1 is 1.00 bits per heavy atom. The van der Waals surface area contributed by atoms with Crippen LogP contribution >= 0.6 is 24.0 Å². The largest absolute Gasteiger partial charge is 0.493 e. The second-order valence-electron chi connectivity index (χ2n) is 7.47. The third-order valence-electron chi connectivity index (χ3n) is 5.24. The zero-order valence-corrected chi connectivity index (χ0v) is 21.3. The standard InChI is InChI=1S/C24H32N4O3.HI/c1-4-25-24(27-16-20-11-12-21(30-2)22(14-20)31-3)26-15-18-7-9-19(10-8-18)17-28-13-5-6-23(28)29;/h7-12,14H,4-6,13,15-17H2,1-3H3,(H2,25,26,27);1H. The number of nitrogens with one attached hydrogen (secondary N) is 2. The summed E-state index contributed by atoms with van der Waals surface area (Å²) < 4.78 is 10.7. The SMILES string of the molecule is CCNC(=NCc1ccc(OC)c(OC)c1)NCc1ccc(CN2CCCC2=O)cc1.I. The third kappa shape index (κ3) is 7.29. The van der Waals surface area contributed by atoms with Crippen molar-refractivity contribution >= 4 is 35.8 Å². The Bertz CT molecular complexity index is 903. The highest BCUT2D eigenvalue weighted by Gasteiger charge is 2.19. The number of hydrogen-bond donors (Lipinski definition) is 2. The van der Waals surface area contributed by atoms with Crippen molar-refractivity contribution in [2.75, 3.05) is 27.3 Å². The molecule has 8 heteroatoms. The maximum absolute atomic E-state index is 11.8. The van der Waals surface area contributed by atoms with Gasteiger partial charge >= 0.3 is 0 Å². The van der Waals surface area contributed by atoms with Crippen molar-refractivity contribution in [2.24, 2.45) is 4.99 Å². The van der Waals surface area contributed by atoms with Gasteiger partial charge in [-0.3, -0.25) is 4.79 Å². The van der Waals surface area contributed by atoms with Gasteiger partial charge in [-0.05, 0) is 42.2 Å². The van der Waals surface area contributed by atoms with Crippen LogP contribution in [0.5, 0.6) is 11.5 Å². The van der Waals surface area contributed by atoms with Crippen molar-refractivity contribution in [1.82, 2.24) is 15.5 Å². The lowest BCUT2D eigenvalue weighted by atomic mass is 10.1. The Kier molecular flexibility index (Phi) is 10.6. The Balaban J connectivity index is 0.00000363. The summed E-state index contributed by atoms with van der Waals surface area (Å²) in [6.45, 7) is 5.58. The molecule has 1 heterocycles. The van der Waals surface area contributed by atoms with Crippen LogP contribution in [0.1, 0.15) is 36.5 Å². The summed E-state index contributed by atoms with van der Waals surface area (Å²) >= 11 is 0. The van der Waals surface area contributed by atoms with E-state index < -0.39 is 0 Å². The van der Waals surface area contributed by atoms with Gasteiger partial charge < -0.3 is 25.0 Å². The first-order chi connectivity index (χ1) is 15.1. The Morgan fingerprint density at radius 2 is 1.69 bits per heavy atom. The van der Waals surface area contributed by atoms with Gasteiger partial charge in [-0.2, -0.15) is 0 Å². The van der Waals surface area contributed by atoms with E-state index in [1.54, 1.807) is 14.2 Å². The molecule has 0 saturated carbocycles. The quantitative estimate of drug-likeness (QED) is 0.282. The summed E-state index contributed by atoms with van der Waals surface area (Å²) in [5.74, 6) is 2.41. The molecule has 1 aliphatic rings. The summed E-state index contributed by atoms with van der Waals surface area (Å²) in [4.78, 5) is 18.4. The number of nitrogens with zero attached hydrogens (tertiary/aromatic N) is 2. The highest BCUT2D eigenvalue weighted by molar-refractivity contribution is 14.0. The molecule has 2 aromatic rings. The number of ether oxygens (including phenoxy) is 2. The fourth-order valence-corrected chi connectivity index (χ4v) is 3.53. The number of aliphatic imine (C=N–C) groups is 1. The van der Waals surface area contributed by atoms with E-state index in [1.807, 2.05) is 30.0 Å². The fraction of sp³-hybridized carbons (Fsp3) is 0.417. The number of rotatable bonds is 9. The van der Waals surface area contributed by atoms with Crippen molar-refractivity contribution in [3.05, 3.63) is 59.2 Å². The van der Waals surface area contributed by atoms with Gasteiger partial charge in [0.2, 0.25) is 5.91 Å². The van der Waals surface area contributed by atoms with Crippen molar-refractivity contribution in [2.45, 2.75) is 39.4 Å². The van der Waals surface area contributed by atoms with E-state index >= 15 is 0 Å². The molecule has 0 aromatic heterocycles. The first kappa shape index (κ1) is 25.8. The summed E-state index contributed by atoms with van der Waals surface area (Å²) in [6, 6.07) is 14.2. The highest BCUT2D eigenvalue weighted by Crippen LogP contribution is 2.27. The Morgan fingerprint density at radius 3 is 2.31 bits per heavy atom. The van der Waals surface area contributed by atoms with Gasteiger partial charge in [-0.15, -0.1) is 24.0 Å². The molecule has 0 aliphatic carbocycles. The highest BCUT2D eigenvalue weighted by atomic mass is 127. The van der Waals surface area contributed by atoms with E-state index in [1.165, 1.54) is 0 Å². The van der Waals surface area contributed by atoms with Gasteiger partial charge in [0, 0.05) is 32.6 Å². The molecule has 0 unspecified atom stereocenters. The number of hydrogen-bond acceptors (Lipinski definition) is 4. The van der Waals surface area contributed by atoms with E-state index in [4.69, 9.17) is 9.47 Å². The van der Waals surface area contributed by atoms with Crippen LogP contribution in [0.25, 0.3) is 0 Å². The molecule has 0 atom stereocenters. The van der Waals surface area contributed by atoms with Crippen LogP contribution in [0.3, 0.4) is 0 Å². The van der Waals surface area contributed by atoms with Crippen LogP contribution in [0.4, 0.5) is 0 Å². The minimum atomic E-state index is 0. The first-order valence-electron chi connectivity index (χ1n) is 10.7. The second kappa shape index (κ2) is 13.1. The maximum Gasteiger partial charge on any atom is 0.222 e. The number of amides is 1. The van der Waals surface area contributed by atoms with Crippen LogP contribution in [-0.2, 0) is 24.4 Å². The molecule has 1 amide bonds. The van der Waals surface area contributed by atoms with E-state index in [0.717, 1.165) is 42.2 Å². The first-order valence-corrected chi connectivity index (χ1v) is 10.7. The molecule has 7 nitrogen and oxygen atoms in total. The third-order valence-corrected chi connectivity index (χ3v) is 5.24. The number of guanidine groups is 1. The fourth-order valence-electron chi connectivity index (χ4n) is 3.53. The Labute approximate surface area is 207 Å². The Hall–Kier alpha value is -2.49. The van der Waals surface area contributed by atoms with Gasteiger partial charge in [0.15, 0.2) is 17.5 Å². The van der Waals surface area contributed by atoms with Gasteiger partial charge in [-0.1, -0.05) is 30.3 Å². The smallest absolute Gasteiger partial charge is 0.222 e. The molecule has 2 N–H and O–H groups in total. The van der Waals surface area contributed by atoms with Crippen LogP contribution < -0.4 is 20.1 Å². The molecule has 0 radical (unpaired) electrons. The molecule has 3 rings (SSSR count). The average molecular weight is 552 g/mol. The lowest BCUT2D eigenvalue weighted by molar-refractivity contribution is -0.128. The molecule has 32 heavy (non-hydrogen) atoms. The maximum atomic E-state index is 11.8. The lowest BCUT2D eigenvalue weighted by Crippen LogP contribution is -2.36. The molecular formula is C24H33IN4O3. The predicted octanol–water partition coefficient (Wildman–Crippen LogP) is 3.70. The molecule has 1 aliphatic heterocycles. The van der Waals surface area contributed by atoms with Crippen molar-refractivity contribution < 1.29 is 14.3 Å². The van der Waals surface area contributed by atoms with Crippen molar-refractivity contribution in [3.8, 4) is 11.5 Å². The number of halogens is 1. The number of carbonyl (C=O) groups excluding carboxylic acids is 1. The van der Waals surface area contributed by atoms with E-state index in [0.29, 0.717) is 37.6 Å². The summed E-state index contributed by atoms with van der Waals surface area (Å²) in [5, 5.41) is 6.65. The van der Waals surface area contributed by atoms with Crippen LogP contribution in [0, 0.1) is 0 Å². The minimum Gasteiger partial charge on any atom is -0.493 e. The molecule has 1 fully saturated rings. The summed E-state index contributed by atoms with van der Waals surface area (Å²) in [6.07, 6.45) is 1.65. The number of benzene rings is 2. The second-order valence-corrected chi connectivity index (χ2v) is 7.47.